The Kier molecular flexibility index (Phi) is 3.92. The van der Waals surface area contributed by atoms with Gasteiger partial charge in [0.05, 0.1) is 13.0 Å². The molecule has 14 heavy (non-hydrogen) atoms. The largest absolute Gasteiger partial charge is 0.469 e. The molecular formula is C10H16O4. The first kappa shape index (κ1) is 11.0. The van der Waals surface area contributed by atoms with Gasteiger partial charge in [-0.2, -0.15) is 0 Å². The van der Waals surface area contributed by atoms with Gasteiger partial charge in [0.25, 0.3) is 0 Å². The van der Waals surface area contributed by atoms with Gasteiger partial charge in [0, 0.05) is 6.92 Å². The number of hydrogen-bond donors (Lipinski definition) is 0. The normalized spacial score (nSPS) is 18.1. The molecule has 1 fully saturated rings. The average molecular weight is 200 g/mol. The maximum atomic E-state index is 11.3. The van der Waals surface area contributed by atoms with Crippen LogP contribution in [0.15, 0.2) is 0 Å². The molecule has 1 unspecified atom stereocenters. The fourth-order valence-corrected chi connectivity index (χ4v) is 1.60. The van der Waals surface area contributed by atoms with Gasteiger partial charge in [0.1, 0.15) is 6.61 Å². The molecule has 0 radical (unpaired) electrons. The van der Waals surface area contributed by atoms with E-state index in [1.165, 1.54) is 14.0 Å². The molecule has 0 amide bonds. The molecular weight excluding hydrogens is 184 g/mol. The summed E-state index contributed by atoms with van der Waals surface area (Å²) in [5, 5.41) is 0. The summed E-state index contributed by atoms with van der Waals surface area (Å²) < 4.78 is 9.52. The van der Waals surface area contributed by atoms with Crippen molar-refractivity contribution in [2.45, 2.75) is 26.2 Å². The predicted octanol–water partition coefficient (Wildman–Crippen LogP) is 1.14. The van der Waals surface area contributed by atoms with Gasteiger partial charge >= 0.3 is 11.9 Å². The molecule has 0 aromatic heterocycles. The van der Waals surface area contributed by atoms with E-state index in [4.69, 9.17) is 4.74 Å². The van der Waals surface area contributed by atoms with Crippen LogP contribution in [-0.2, 0) is 19.1 Å². The Hall–Kier alpha value is -1.06. The van der Waals surface area contributed by atoms with Crippen molar-refractivity contribution in [2.24, 2.45) is 11.8 Å². The summed E-state index contributed by atoms with van der Waals surface area (Å²) in [4.78, 5) is 22.0. The molecule has 80 valence electrons. The van der Waals surface area contributed by atoms with Gasteiger partial charge in [-0.15, -0.1) is 0 Å². The molecule has 1 rings (SSSR count). The number of ether oxygens (including phenoxy) is 2. The zero-order chi connectivity index (χ0) is 10.6. The zero-order valence-corrected chi connectivity index (χ0v) is 8.62. The SMILES string of the molecule is COC(=O)C(COC(C)=O)C1CCC1. The molecule has 0 heterocycles. The highest BCUT2D eigenvalue weighted by atomic mass is 16.5. The minimum atomic E-state index is -0.349. The summed E-state index contributed by atoms with van der Waals surface area (Å²) >= 11 is 0. The van der Waals surface area contributed by atoms with Crippen LogP contribution >= 0.6 is 0 Å². The molecule has 0 N–H and O–H groups in total. The van der Waals surface area contributed by atoms with E-state index in [0.717, 1.165) is 19.3 Å². The molecule has 0 spiro atoms. The van der Waals surface area contributed by atoms with Gasteiger partial charge < -0.3 is 9.47 Å². The van der Waals surface area contributed by atoms with Crippen LogP contribution in [0.2, 0.25) is 0 Å². The van der Waals surface area contributed by atoms with Crippen molar-refractivity contribution in [1.82, 2.24) is 0 Å². The molecule has 4 heteroatoms. The quantitative estimate of drug-likeness (QED) is 0.638. The van der Waals surface area contributed by atoms with E-state index < -0.39 is 0 Å². The summed E-state index contributed by atoms with van der Waals surface area (Å²) in [6.45, 7) is 1.50. The van der Waals surface area contributed by atoms with E-state index in [-0.39, 0.29) is 24.5 Å². The van der Waals surface area contributed by atoms with Crippen LogP contribution in [0.3, 0.4) is 0 Å². The molecule has 1 saturated carbocycles. The second-order valence-electron chi connectivity index (χ2n) is 3.62. The highest BCUT2D eigenvalue weighted by molar-refractivity contribution is 5.73. The minimum Gasteiger partial charge on any atom is -0.469 e. The Morgan fingerprint density at radius 2 is 2.07 bits per heavy atom. The fraction of sp³-hybridized carbons (Fsp3) is 0.800. The summed E-state index contributed by atoms with van der Waals surface area (Å²) in [5.41, 5.74) is 0. The van der Waals surface area contributed by atoms with Crippen molar-refractivity contribution in [3.63, 3.8) is 0 Å². The Morgan fingerprint density at radius 1 is 1.43 bits per heavy atom. The summed E-state index contributed by atoms with van der Waals surface area (Å²) in [5.74, 6) is -0.548. The minimum absolute atomic E-state index is 0.159. The molecule has 0 aromatic rings. The average Bonchev–Trinajstić information content (AvgIpc) is 2.07. The first-order chi connectivity index (χ1) is 6.65. The summed E-state index contributed by atoms with van der Waals surface area (Å²) in [6, 6.07) is 0. The maximum Gasteiger partial charge on any atom is 0.312 e. The van der Waals surface area contributed by atoms with Crippen LogP contribution in [0.5, 0.6) is 0 Å². The molecule has 1 atom stereocenters. The second kappa shape index (κ2) is 4.98. The van der Waals surface area contributed by atoms with Gasteiger partial charge in [-0.1, -0.05) is 6.42 Å². The van der Waals surface area contributed by atoms with E-state index in [2.05, 4.69) is 4.74 Å². The Bertz CT molecular complexity index is 220. The third-order valence-corrected chi connectivity index (χ3v) is 2.69. The van der Waals surface area contributed by atoms with Gasteiger partial charge in [-0.25, -0.2) is 0 Å². The molecule has 1 aliphatic carbocycles. The number of carbonyl (C=O) groups is 2. The lowest BCUT2D eigenvalue weighted by Crippen LogP contribution is -2.33. The van der Waals surface area contributed by atoms with E-state index in [9.17, 15) is 9.59 Å². The van der Waals surface area contributed by atoms with E-state index >= 15 is 0 Å². The standard InChI is InChI=1S/C10H16O4/c1-7(11)14-6-9(10(12)13-2)8-4-3-5-8/h8-9H,3-6H2,1-2H3. The van der Waals surface area contributed by atoms with Gasteiger partial charge in [0.2, 0.25) is 0 Å². The topological polar surface area (TPSA) is 52.6 Å². The summed E-state index contributed by atoms with van der Waals surface area (Å²) in [7, 11) is 1.36. The number of rotatable bonds is 4. The van der Waals surface area contributed by atoms with Gasteiger partial charge in [-0.3, -0.25) is 9.59 Å². The van der Waals surface area contributed by atoms with Gasteiger partial charge in [0.15, 0.2) is 0 Å². The Balaban J connectivity index is 2.43. The van der Waals surface area contributed by atoms with E-state index in [1.807, 2.05) is 0 Å². The highest BCUT2D eigenvalue weighted by Crippen LogP contribution is 2.34. The van der Waals surface area contributed by atoms with E-state index in [1.54, 1.807) is 0 Å². The fourth-order valence-electron chi connectivity index (χ4n) is 1.60. The third kappa shape index (κ3) is 2.72. The first-order valence-electron chi connectivity index (χ1n) is 4.86. The lowest BCUT2D eigenvalue weighted by Gasteiger charge is -2.31. The van der Waals surface area contributed by atoms with E-state index in [0.29, 0.717) is 5.92 Å². The maximum absolute atomic E-state index is 11.3. The summed E-state index contributed by atoms with van der Waals surface area (Å²) in [6.07, 6.45) is 3.21. The van der Waals surface area contributed by atoms with Crippen LogP contribution < -0.4 is 0 Å². The number of carbonyl (C=O) groups excluding carboxylic acids is 2. The van der Waals surface area contributed by atoms with Crippen molar-refractivity contribution in [1.29, 1.82) is 0 Å². The smallest absolute Gasteiger partial charge is 0.312 e. The first-order valence-corrected chi connectivity index (χ1v) is 4.86. The molecule has 4 nitrogen and oxygen atoms in total. The monoisotopic (exact) mass is 200 g/mol. The van der Waals surface area contributed by atoms with Crippen molar-refractivity contribution >= 4 is 11.9 Å². The second-order valence-corrected chi connectivity index (χ2v) is 3.62. The number of hydrogen-bond acceptors (Lipinski definition) is 4. The molecule has 1 aliphatic rings. The van der Waals surface area contributed by atoms with Crippen molar-refractivity contribution in [2.75, 3.05) is 13.7 Å². The molecule has 0 saturated heterocycles. The lowest BCUT2D eigenvalue weighted by molar-refractivity contribution is -0.155. The third-order valence-electron chi connectivity index (χ3n) is 2.69. The van der Waals surface area contributed by atoms with Crippen LogP contribution in [0.25, 0.3) is 0 Å². The predicted molar refractivity (Wildman–Crippen MR) is 49.5 cm³/mol. The van der Waals surface area contributed by atoms with Crippen LogP contribution in [0.1, 0.15) is 26.2 Å². The number of esters is 2. The van der Waals surface area contributed by atoms with Crippen molar-refractivity contribution < 1.29 is 19.1 Å². The van der Waals surface area contributed by atoms with Crippen LogP contribution in [-0.4, -0.2) is 25.7 Å². The Morgan fingerprint density at radius 3 is 2.43 bits per heavy atom. The van der Waals surface area contributed by atoms with Crippen LogP contribution in [0.4, 0.5) is 0 Å². The van der Waals surface area contributed by atoms with Crippen LogP contribution in [0, 0.1) is 11.8 Å². The molecule has 0 aromatic carbocycles. The lowest BCUT2D eigenvalue weighted by atomic mass is 9.76. The van der Waals surface area contributed by atoms with Gasteiger partial charge in [-0.05, 0) is 18.8 Å². The van der Waals surface area contributed by atoms with Crippen molar-refractivity contribution in [3.05, 3.63) is 0 Å². The molecule has 0 aliphatic heterocycles. The highest BCUT2D eigenvalue weighted by Gasteiger charge is 2.34. The Labute approximate surface area is 83.6 Å². The molecule has 0 bridgehead atoms. The number of methoxy groups -OCH3 is 1. The zero-order valence-electron chi connectivity index (χ0n) is 8.62. The van der Waals surface area contributed by atoms with Crippen molar-refractivity contribution in [3.8, 4) is 0 Å².